The summed E-state index contributed by atoms with van der Waals surface area (Å²) in [5.74, 6) is 2.52. The fourth-order valence-electron chi connectivity index (χ4n) is 6.79. The molecule has 0 aromatic rings. The molecule has 0 unspecified atom stereocenters. The monoisotopic (exact) mass is 372 g/mol. The van der Waals surface area contributed by atoms with Crippen LogP contribution in [0.4, 0.5) is 0 Å². The molecule has 0 saturated heterocycles. The number of carbonyl (C=O) groups is 2. The van der Waals surface area contributed by atoms with E-state index in [-0.39, 0.29) is 23.1 Å². The Bertz CT molecular complexity index is 754. The molecule has 3 nitrogen and oxygen atoms in total. The average Bonchev–Trinajstić information content (AvgIpc) is 3.27. The smallest absolute Gasteiger partial charge is 0.175 e. The zero-order chi connectivity index (χ0) is 20.2. The van der Waals surface area contributed by atoms with Gasteiger partial charge in [0, 0.05) is 11.5 Å². The Morgan fingerprint density at radius 1 is 0.926 bits per heavy atom. The highest BCUT2D eigenvalue weighted by Crippen LogP contribution is 2.75. The number of hydrogen-bond acceptors (Lipinski definition) is 3. The number of Topliss-reactive ketones (excluding diaryl/α,β-unsaturated/α-hetero) is 2. The predicted octanol–water partition coefficient (Wildman–Crippen LogP) is 5.33. The summed E-state index contributed by atoms with van der Waals surface area (Å²) in [5.41, 5.74) is -0.609. The molecule has 0 amide bonds. The van der Waals surface area contributed by atoms with Gasteiger partial charge in [-0.2, -0.15) is 0 Å². The topological polar surface area (TPSA) is 43.4 Å². The Morgan fingerprint density at radius 3 is 2.04 bits per heavy atom. The van der Waals surface area contributed by atoms with Crippen molar-refractivity contribution in [3.05, 3.63) is 11.3 Å². The summed E-state index contributed by atoms with van der Waals surface area (Å²) in [5, 5.41) is 0. The fourth-order valence-corrected chi connectivity index (χ4v) is 6.79. The first-order chi connectivity index (χ1) is 12.3. The van der Waals surface area contributed by atoms with Crippen molar-refractivity contribution in [2.45, 2.75) is 86.7 Å². The van der Waals surface area contributed by atoms with Gasteiger partial charge in [0.1, 0.15) is 11.4 Å². The van der Waals surface area contributed by atoms with Crippen LogP contribution in [-0.2, 0) is 14.3 Å². The Kier molecular flexibility index (Phi) is 3.75. The van der Waals surface area contributed by atoms with Crippen LogP contribution < -0.4 is 0 Å². The lowest BCUT2D eigenvalue weighted by molar-refractivity contribution is -0.152. The molecule has 1 heterocycles. The lowest BCUT2D eigenvalue weighted by Crippen LogP contribution is -2.55. The van der Waals surface area contributed by atoms with Crippen LogP contribution in [0.25, 0.3) is 0 Å². The summed E-state index contributed by atoms with van der Waals surface area (Å²) in [6.07, 6.45) is 4.47. The van der Waals surface area contributed by atoms with Crippen LogP contribution in [0.5, 0.6) is 0 Å². The molecule has 4 rings (SSSR count). The van der Waals surface area contributed by atoms with Crippen molar-refractivity contribution in [2.75, 3.05) is 0 Å². The van der Waals surface area contributed by atoms with Gasteiger partial charge in [0.15, 0.2) is 11.6 Å². The van der Waals surface area contributed by atoms with Crippen molar-refractivity contribution in [1.29, 1.82) is 0 Å². The van der Waals surface area contributed by atoms with Gasteiger partial charge in [-0.3, -0.25) is 9.59 Å². The number of allylic oxidation sites excluding steroid dienone is 2. The number of ether oxygens (including phenoxy) is 1. The van der Waals surface area contributed by atoms with Crippen molar-refractivity contribution in [3.8, 4) is 0 Å². The summed E-state index contributed by atoms with van der Waals surface area (Å²) < 4.78 is 6.84. The standard InChI is InChI=1S/C24H36O3/c1-13(2)15-11-24(10-9-23(14(3)4)12-16(23)24)27-19-17(15)18(25)21(5,6)20(26)22(19,7)8/h13-16H,9-12H2,1-8H3/t15-,16+,23-,24+/m1/s1. The van der Waals surface area contributed by atoms with Crippen LogP contribution in [0.15, 0.2) is 11.3 Å². The van der Waals surface area contributed by atoms with E-state index in [1.54, 1.807) is 13.8 Å². The van der Waals surface area contributed by atoms with Crippen molar-refractivity contribution in [1.82, 2.24) is 0 Å². The minimum atomic E-state index is -0.958. The Labute approximate surface area is 164 Å². The Hall–Kier alpha value is -1.12. The van der Waals surface area contributed by atoms with E-state index in [0.717, 1.165) is 18.4 Å². The largest absolute Gasteiger partial charge is 0.490 e. The van der Waals surface area contributed by atoms with Gasteiger partial charge in [-0.15, -0.1) is 0 Å². The molecule has 1 aliphatic heterocycles. The molecule has 0 radical (unpaired) electrons. The minimum absolute atomic E-state index is 0.000656. The van der Waals surface area contributed by atoms with Gasteiger partial charge in [-0.1, -0.05) is 27.7 Å². The van der Waals surface area contributed by atoms with Crippen LogP contribution in [0.1, 0.15) is 81.1 Å². The molecule has 3 aliphatic carbocycles. The summed E-state index contributed by atoms with van der Waals surface area (Å²) >= 11 is 0. The van der Waals surface area contributed by atoms with E-state index in [4.69, 9.17) is 4.74 Å². The second-order valence-electron chi connectivity index (χ2n) is 11.5. The predicted molar refractivity (Wildman–Crippen MR) is 106 cm³/mol. The summed E-state index contributed by atoms with van der Waals surface area (Å²) in [6, 6.07) is 0. The third-order valence-corrected chi connectivity index (χ3v) is 8.72. The second-order valence-corrected chi connectivity index (χ2v) is 11.5. The Morgan fingerprint density at radius 2 is 1.56 bits per heavy atom. The van der Waals surface area contributed by atoms with E-state index in [9.17, 15) is 9.59 Å². The molecular weight excluding hydrogens is 336 g/mol. The second kappa shape index (κ2) is 5.27. The average molecular weight is 373 g/mol. The highest BCUT2D eigenvalue weighted by atomic mass is 16.5. The van der Waals surface area contributed by atoms with Gasteiger partial charge in [0.2, 0.25) is 0 Å². The van der Waals surface area contributed by atoms with Crippen molar-refractivity contribution in [3.63, 3.8) is 0 Å². The normalized spacial score (nSPS) is 41.9. The lowest BCUT2D eigenvalue weighted by atomic mass is 9.58. The van der Waals surface area contributed by atoms with Gasteiger partial charge in [-0.25, -0.2) is 0 Å². The third-order valence-electron chi connectivity index (χ3n) is 8.72. The van der Waals surface area contributed by atoms with Crippen LogP contribution >= 0.6 is 0 Å². The van der Waals surface area contributed by atoms with Crippen LogP contribution in [0.2, 0.25) is 0 Å². The van der Waals surface area contributed by atoms with E-state index in [0.29, 0.717) is 28.9 Å². The number of carbonyl (C=O) groups excluding carboxylic acids is 2. The lowest BCUT2D eigenvalue weighted by Gasteiger charge is -2.51. The number of fused-ring (bicyclic) bond motifs is 2. The summed E-state index contributed by atoms with van der Waals surface area (Å²) in [4.78, 5) is 26.6. The van der Waals surface area contributed by atoms with Crippen molar-refractivity contribution in [2.24, 2.45) is 39.9 Å². The number of ketones is 2. The summed E-state index contributed by atoms with van der Waals surface area (Å²) in [6.45, 7) is 16.6. The Balaban J connectivity index is 1.85. The number of rotatable bonds is 2. The first-order valence-electron chi connectivity index (χ1n) is 10.8. The molecular formula is C24H36O3. The molecule has 2 saturated carbocycles. The third kappa shape index (κ3) is 2.20. The van der Waals surface area contributed by atoms with E-state index >= 15 is 0 Å². The van der Waals surface area contributed by atoms with E-state index < -0.39 is 10.8 Å². The molecule has 0 aromatic heterocycles. The van der Waals surface area contributed by atoms with Gasteiger partial charge in [-0.05, 0) is 76.5 Å². The van der Waals surface area contributed by atoms with Gasteiger partial charge < -0.3 is 4.74 Å². The molecule has 1 spiro atoms. The fraction of sp³-hybridized carbons (Fsp3) is 0.833. The summed E-state index contributed by atoms with van der Waals surface area (Å²) in [7, 11) is 0. The first kappa shape index (κ1) is 19.2. The molecule has 3 heteroatoms. The maximum Gasteiger partial charge on any atom is 0.175 e. The SMILES string of the molecule is CC(C)[C@H]1C[C@]2(CC[C@]3(C(C)C)C[C@H]23)OC2=C1C(=O)C(C)(C)C(=O)C2(C)C. The molecule has 0 bridgehead atoms. The highest BCUT2D eigenvalue weighted by Gasteiger charge is 2.73. The molecule has 0 aromatic carbocycles. The maximum atomic E-state index is 13.4. The van der Waals surface area contributed by atoms with Gasteiger partial charge >= 0.3 is 0 Å². The zero-order valence-corrected chi connectivity index (χ0v) is 18.4. The van der Waals surface area contributed by atoms with Gasteiger partial charge in [0.05, 0.1) is 10.8 Å². The van der Waals surface area contributed by atoms with Crippen LogP contribution in [-0.4, -0.2) is 17.2 Å². The van der Waals surface area contributed by atoms with E-state index in [1.807, 2.05) is 13.8 Å². The van der Waals surface area contributed by atoms with Crippen molar-refractivity contribution >= 4 is 11.6 Å². The minimum Gasteiger partial charge on any atom is -0.490 e. The highest BCUT2D eigenvalue weighted by molar-refractivity contribution is 6.19. The quantitative estimate of drug-likeness (QED) is 0.615. The number of hydrogen-bond donors (Lipinski definition) is 0. The molecule has 4 atom stereocenters. The molecule has 0 N–H and O–H groups in total. The molecule has 27 heavy (non-hydrogen) atoms. The van der Waals surface area contributed by atoms with Crippen LogP contribution in [0, 0.1) is 39.9 Å². The van der Waals surface area contributed by atoms with E-state index in [2.05, 4.69) is 27.7 Å². The van der Waals surface area contributed by atoms with Crippen LogP contribution in [0.3, 0.4) is 0 Å². The molecule has 150 valence electrons. The molecule has 4 aliphatic rings. The van der Waals surface area contributed by atoms with E-state index in [1.165, 1.54) is 12.8 Å². The van der Waals surface area contributed by atoms with Gasteiger partial charge in [0.25, 0.3) is 0 Å². The van der Waals surface area contributed by atoms with Crippen molar-refractivity contribution < 1.29 is 14.3 Å². The first-order valence-corrected chi connectivity index (χ1v) is 10.8. The zero-order valence-electron chi connectivity index (χ0n) is 18.4. The maximum absolute atomic E-state index is 13.4. The molecule has 2 fully saturated rings.